The van der Waals surface area contributed by atoms with Gasteiger partial charge in [0.05, 0.1) is 6.54 Å². The Hall–Kier alpha value is -0.650. The third-order valence-corrected chi connectivity index (χ3v) is 3.43. The normalized spacial score (nSPS) is 10.5. The fraction of sp³-hybridized carbons (Fsp3) is 0.300. The number of hydrogen-bond donors (Lipinski definition) is 1. The summed E-state index contributed by atoms with van der Waals surface area (Å²) in [6.07, 6.45) is 1.71. The fourth-order valence-corrected chi connectivity index (χ4v) is 2.71. The summed E-state index contributed by atoms with van der Waals surface area (Å²) in [5, 5.41) is 10.7. The standard InChI is InChI=1S/C10H12BrNO2S/c1-2-3-12(6-10(13)14)5-9-4-8(11)7-15-9/h2,4,7H,1,3,5-6H2,(H,13,14). The number of carboxylic acid groups (broad SMARTS) is 1. The van der Waals surface area contributed by atoms with E-state index in [2.05, 4.69) is 22.5 Å². The Bertz CT molecular complexity index is 351. The topological polar surface area (TPSA) is 40.5 Å². The van der Waals surface area contributed by atoms with Crippen LogP contribution in [0.3, 0.4) is 0 Å². The molecule has 1 aromatic heterocycles. The van der Waals surface area contributed by atoms with Crippen LogP contribution in [0.4, 0.5) is 0 Å². The van der Waals surface area contributed by atoms with Crippen molar-refractivity contribution in [3.63, 3.8) is 0 Å². The quantitative estimate of drug-likeness (QED) is 0.819. The Balaban J connectivity index is 2.57. The van der Waals surface area contributed by atoms with Crippen LogP contribution in [0.25, 0.3) is 0 Å². The van der Waals surface area contributed by atoms with Gasteiger partial charge in [0.25, 0.3) is 0 Å². The minimum absolute atomic E-state index is 0.0432. The van der Waals surface area contributed by atoms with Gasteiger partial charge in [-0.25, -0.2) is 0 Å². The number of nitrogens with zero attached hydrogens (tertiary/aromatic N) is 1. The second kappa shape index (κ2) is 6.05. The highest BCUT2D eigenvalue weighted by atomic mass is 79.9. The minimum Gasteiger partial charge on any atom is -0.480 e. The van der Waals surface area contributed by atoms with Crippen molar-refractivity contribution in [3.8, 4) is 0 Å². The summed E-state index contributed by atoms with van der Waals surface area (Å²) in [6, 6.07) is 2.00. The molecule has 82 valence electrons. The van der Waals surface area contributed by atoms with E-state index in [1.165, 1.54) is 0 Å². The third kappa shape index (κ3) is 4.59. The van der Waals surface area contributed by atoms with E-state index in [1.54, 1.807) is 17.4 Å². The fourth-order valence-electron chi connectivity index (χ4n) is 1.22. The van der Waals surface area contributed by atoms with Crippen molar-refractivity contribution in [1.29, 1.82) is 0 Å². The van der Waals surface area contributed by atoms with Crippen molar-refractivity contribution < 1.29 is 9.90 Å². The first kappa shape index (κ1) is 12.4. The van der Waals surface area contributed by atoms with Crippen molar-refractivity contribution >= 4 is 33.2 Å². The van der Waals surface area contributed by atoms with Crippen molar-refractivity contribution in [2.45, 2.75) is 6.54 Å². The first-order chi connectivity index (χ1) is 7.11. The van der Waals surface area contributed by atoms with Gasteiger partial charge in [-0.3, -0.25) is 9.69 Å². The molecule has 1 N–H and O–H groups in total. The first-order valence-electron chi connectivity index (χ1n) is 4.39. The summed E-state index contributed by atoms with van der Waals surface area (Å²) in [4.78, 5) is 13.6. The van der Waals surface area contributed by atoms with Crippen LogP contribution in [-0.4, -0.2) is 29.1 Å². The van der Waals surface area contributed by atoms with Gasteiger partial charge in [-0.1, -0.05) is 6.08 Å². The van der Waals surface area contributed by atoms with Gasteiger partial charge in [0.2, 0.25) is 0 Å². The Morgan fingerprint density at radius 3 is 2.93 bits per heavy atom. The van der Waals surface area contributed by atoms with E-state index in [0.717, 1.165) is 9.35 Å². The van der Waals surface area contributed by atoms with Gasteiger partial charge < -0.3 is 5.11 Å². The molecule has 1 aromatic rings. The van der Waals surface area contributed by atoms with Crippen LogP contribution in [-0.2, 0) is 11.3 Å². The van der Waals surface area contributed by atoms with Crippen molar-refractivity contribution in [3.05, 3.63) is 33.5 Å². The lowest BCUT2D eigenvalue weighted by molar-refractivity contribution is -0.138. The molecule has 0 unspecified atom stereocenters. The molecule has 0 aliphatic rings. The molecule has 0 aromatic carbocycles. The molecule has 5 heteroatoms. The molecule has 0 saturated heterocycles. The van der Waals surface area contributed by atoms with Crippen molar-refractivity contribution in [2.75, 3.05) is 13.1 Å². The predicted molar refractivity (Wildman–Crippen MR) is 65.1 cm³/mol. The molecule has 0 fully saturated rings. The second-order valence-corrected chi connectivity index (χ2v) is 4.99. The predicted octanol–water partition coefficient (Wildman–Crippen LogP) is 2.58. The molecular weight excluding hydrogens is 278 g/mol. The van der Waals surface area contributed by atoms with Gasteiger partial charge in [0.15, 0.2) is 0 Å². The van der Waals surface area contributed by atoms with E-state index in [1.807, 2.05) is 16.3 Å². The highest BCUT2D eigenvalue weighted by molar-refractivity contribution is 9.10. The lowest BCUT2D eigenvalue weighted by atomic mass is 10.4. The Labute approximate surface area is 101 Å². The van der Waals surface area contributed by atoms with E-state index in [4.69, 9.17) is 5.11 Å². The van der Waals surface area contributed by atoms with Gasteiger partial charge in [-0.2, -0.15) is 0 Å². The smallest absolute Gasteiger partial charge is 0.317 e. The maximum Gasteiger partial charge on any atom is 0.317 e. The summed E-state index contributed by atoms with van der Waals surface area (Å²) in [7, 11) is 0. The molecule has 15 heavy (non-hydrogen) atoms. The molecule has 0 spiro atoms. The SMILES string of the molecule is C=CCN(CC(=O)O)Cc1cc(Br)cs1. The number of halogens is 1. The lowest BCUT2D eigenvalue weighted by Crippen LogP contribution is -2.29. The number of thiophene rings is 1. The Kier molecular flexibility index (Phi) is 5.01. The number of carbonyl (C=O) groups is 1. The lowest BCUT2D eigenvalue weighted by Gasteiger charge is -2.16. The van der Waals surface area contributed by atoms with Gasteiger partial charge >= 0.3 is 5.97 Å². The van der Waals surface area contributed by atoms with Crippen LogP contribution in [0.15, 0.2) is 28.6 Å². The molecule has 0 amide bonds. The van der Waals surface area contributed by atoms with E-state index in [0.29, 0.717) is 13.1 Å². The second-order valence-electron chi connectivity index (χ2n) is 3.08. The zero-order chi connectivity index (χ0) is 11.3. The van der Waals surface area contributed by atoms with Gasteiger partial charge in [0.1, 0.15) is 0 Å². The first-order valence-corrected chi connectivity index (χ1v) is 6.07. The zero-order valence-electron chi connectivity index (χ0n) is 8.15. The van der Waals surface area contributed by atoms with Gasteiger partial charge in [0, 0.05) is 27.8 Å². The van der Waals surface area contributed by atoms with E-state index in [-0.39, 0.29) is 6.54 Å². The van der Waals surface area contributed by atoms with Gasteiger partial charge in [-0.05, 0) is 22.0 Å². The molecule has 1 rings (SSSR count). The molecule has 0 aliphatic carbocycles. The van der Waals surface area contributed by atoms with E-state index in [9.17, 15) is 4.79 Å². The largest absolute Gasteiger partial charge is 0.480 e. The minimum atomic E-state index is -0.813. The van der Waals surface area contributed by atoms with Crippen molar-refractivity contribution in [1.82, 2.24) is 4.90 Å². The van der Waals surface area contributed by atoms with Gasteiger partial charge in [-0.15, -0.1) is 17.9 Å². The number of hydrogen-bond acceptors (Lipinski definition) is 3. The van der Waals surface area contributed by atoms with Crippen LogP contribution in [0.1, 0.15) is 4.88 Å². The summed E-state index contributed by atoms with van der Waals surface area (Å²) in [5.41, 5.74) is 0. The average molecular weight is 290 g/mol. The highest BCUT2D eigenvalue weighted by Gasteiger charge is 2.09. The van der Waals surface area contributed by atoms with Crippen LogP contribution in [0.2, 0.25) is 0 Å². The Morgan fingerprint density at radius 2 is 2.47 bits per heavy atom. The van der Waals surface area contributed by atoms with Crippen LogP contribution < -0.4 is 0 Å². The zero-order valence-corrected chi connectivity index (χ0v) is 10.6. The average Bonchev–Trinajstić information content (AvgIpc) is 2.50. The van der Waals surface area contributed by atoms with Crippen LogP contribution in [0, 0.1) is 0 Å². The molecule has 0 atom stereocenters. The summed E-state index contributed by atoms with van der Waals surface area (Å²) in [6.45, 7) is 4.89. The highest BCUT2D eigenvalue weighted by Crippen LogP contribution is 2.21. The van der Waals surface area contributed by atoms with Crippen LogP contribution >= 0.6 is 27.3 Å². The molecular formula is C10H12BrNO2S. The monoisotopic (exact) mass is 289 g/mol. The summed E-state index contributed by atoms with van der Waals surface area (Å²) in [5.74, 6) is -0.813. The maximum absolute atomic E-state index is 10.6. The number of aliphatic carboxylic acids is 1. The van der Waals surface area contributed by atoms with E-state index < -0.39 is 5.97 Å². The van der Waals surface area contributed by atoms with Crippen molar-refractivity contribution in [2.24, 2.45) is 0 Å². The molecule has 3 nitrogen and oxygen atoms in total. The Morgan fingerprint density at radius 1 is 1.73 bits per heavy atom. The molecule has 0 saturated carbocycles. The number of rotatable bonds is 6. The molecule has 0 bridgehead atoms. The molecule has 1 heterocycles. The maximum atomic E-state index is 10.6. The van der Waals surface area contributed by atoms with E-state index >= 15 is 0 Å². The number of carboxylic acids is 1. The third-order valence-electron chi connectivity index (χ3n) is 1.75. The van der Waals surface area contributed by atoms with Crippen LogP contribution in [0.5, 0.6) is 0 Å². The summed E-state index contributed by atoms with van der Waals surface area (Å²) < 4.78 is 1.04. The molecule has 0 radical (unpaired) electrons. The molecule has 0 aliphatic heterocycles. The summed E-state index contributed by atoms with van der Waals surface area (Å²) >= 11 is 4.98.